The van der Waals surface area contributed by atoms with Crippen LogP contribution in [0.1, 0.15) is 58.1 Å². The lowest BCUT2D eigenvalue weighted by molar-refractivity contribution is -0.112. The summed E-state index contributed by atoms with van der Waals surface area (Å²) in [5, 5.41) is 4.32. The fourth-order valence-corrected chi connectivity index (χ4v) is 7.15. The Kier molecular flexibility index (Phi) is 17.1. The Morgan fingerprint density at radius 3 is 2.15 bits per heavy atom. The summed E-state index contributed by atoms with van der Waals surface area (Å²) in [5.74, 6) is 1.44. The highest BCUT2D eigenvalue weighted by molar-refractivity contribution is 7.70. The number of nitrogens with one attached hydrogen (secondary N) is 1. The molecule has 48 heavy (non-hydrogen) atoms. The van der Waals surface area contributed by atoms with E-state index in [-0.39, 0.29) is 5.78 Å². The number of aliphatic imine (C=N–C) groups is 1. The molecule has 0 amide bonds. The zero-order chi connectivity index (χ0) is 35.9. The highest BCUT2D eigenvalue weighted by atomic mass is 31.2. The maximum absolute atomic E-state index is 11.6. The van der Waals surface area contributed by atoms with Gasteiger partial charge in [0, 0.05) is 55.5 Å². The number of ether oxygens (including phenoxy) is 2. The van der Waals surface area contributed by atoms with Crippen LogP contribution in [0.25, 0.3) is 0 Å². The standard InChI is InChI=1S/C26H40N4O2.C9H13OP.C4H6O/c1-7-22(19(2)3)18-27-21(5)28-24-16-20(4)25(17-26(24)31-6)30-10-8-23(9-11-30)29-12-14-32-15-13-29;1-8-6-4-5-7-9(8)11(2,3)10;1-3-4(2)5/h16-18,23,28H,5,7-15H2,1-4,6H3;4-7H,1-3H3;3H,1H2,2H3/b27-18-;;. The van der Waals surface area contributed by atoms with E-state index in [0.717, 1.165) is 68.1 Å². The zero-order valence-electron chi connectivity index (χ0n) is 30.9. The van der Waals surface area contributed by atoms with Crippen LogP contribution in [0.4, 0.5) is 11.4 Å². The maximum Gasteiger partial charge on any atom is 0.152 e. The molecule has 2 aliphatic heterocycles. The topological polar surface area (TPSA) is 83.5 Å². The molecule has 2 aromatic carbocycles. The number of benzene rings is 2. The normalized spacial score (nSPS) is 15.4. The predicted molar refractivity (Wildman–Crippen MR) is 206 cm³/mol. The third kappa shape index (κ3) is 13.2. The number of carbonyl (C=O) groups is 1. The molecule has 2 aliphatic rings. The van der Waals surface area contributed by atoms with Crippen LogP contribution in [0.3, 0.4) is 0 Å². The van der Waals surface area contributed by atoms with Crippen LogP contribution in [0.2, 0.25) is 0 Å². The number of carbonyl (C=O) groups excluding carboxylic acids is 1. The molecule has 1 N–H and O–H groups in total. The van der Waals surface area contributed by atoms with Gasteiger partial charge in [-0.05, 0) is 96.1 Å². The number of allylic oxidation sites excluding steroid dienone is 3. The SMILES string of the molecule is C=C(/N=C\C(CC)=C(C)C)Nc1cc(C)c(N2CCC(N3CCOCC3)CC2)cc1OC.C=CC(C)=O.Cc1ccccc1P(C)(C)=O. The van der Waals surface area contributed by atoms with Crippen molar-refractivity contribution in [1.29, 1.82) is 0 Å². The molecule has 0 saturated carbocycles. The third-order valence-corrected chi connectivity index (χ3v) is 10.2. The number of hydrogen-bond acceptors (Lipinski definition) is 8. The summed E-state index contributed by atoms with van der Waals surface area (Å²) in [7, 11) is -0.339. The molecule has 0 atom stereocenters. The summed E-state index contributed by atoms with van der Waals surface area (Å²) in [6.45, 7) is 28.9. The van der Waals surface area contributed by atoms with Gasteiger partial charge in [-0.2, -0.15) is 0 Å². The Bertz CT molecular complexity index is 1470. The number of anilines is 2. The van der Waals surface area contributed by atoms with Crippen molar-refractivity contribution in [2.24, 2.45) is 4.99 Å². The molecule has 0 aliphatic carbocycles. The Morgan fingerprint density at radius 1 is 1.06 bits per heavy atom. The first kappa shape index (κ1) is 40.7. The Balaban J connectivity index is 0.000000411. The van der Waals surface area contributed by atoms with Crippen molar-refractivity contribution in [2.45, 2.75) is 66.8 Å². The van der Waals surface area contributed by atoms with Crippen LogP contribution in [0, 0.1) is 13.8 Å². The van der Waals surface area contributed by atoms with Crippen molar-refractivity contribution < 1.29 is 18.8 Å². The lowest BCUT2D eigenvalue weighted by atomic mass is 10.0. The third-order valence-electron chi connectivity index (χ3n) is 8.55. The minimum absolute atomic E-state index is 0.0185. The maximum atomic E-state index is 11.6. The first-order valence-corrected chi connectivity index (χ1v) is 19.5. The van der Waals surface area contributed by atoms with Crippen molar-refractivity contribution >= 4 is 35.8 Å². The van der Waals surface area contributed by atoms with Crippen LogP contribution >= 0.6 is 7.14 Å². The molecule has 4 rings (SSSR count). The van der Waals surface area contributed by atoms with E-state index in [1.54, 1.807) is 20.4 Å². The van der Waals surface area contributed by atoms with Gasteiger partial charge in [-0.15, -0.1) is 0 Å². The number of piperidine rings is 1. The highest BCUT2D eigenvalue weighted by Gasteiger charge is 2.27. The zero-order valence-corrected chi connectivity index (χ0v) is 31.8. The van der Waals surface area contributed by atoms with Gasteiger partial charge in [0.15, 0.2) is 5.78 Å². The van der Waals surface area contributed by atoms with Gasteiger partial charge in [-0.1, -0.05) is 49.9 Å². The molecule has 2 aromatic rings. The van der Waals surface area contributed by atoms with Gasteiger partial charge in [0.2, 0.25) is 0 Å². The number of morpholine rings is 1. The molecule has 0 aromatic heterocycles. The smallest absolute Gasteiger partial charge is 0.152 e. The Hall–Kier alpha value is -3.45. The molecule has 0 radical (unpaired) electrons. The lowest BCUT2D eigenvalue weighted by Gasteiger charge is -2.41. The summed E-state index contributed by atoms with van der Waals surface area (Å²) in [6, 6.07) is 12.8. The van der Waals surface area contributed by atoms with Gasteiger partial charge in [-0.3, -0.25) is 9.69 Å². The van der Waals surface area contributed by atoms with Crippen LogP contribution in [0.5, 0.6) is 5.75 Å². The number of rotatable bonds is 10. The molecule has 264 valence electrons. The fraction of sp³-hybridized carbons (Fsp3) is 0.487. The van der Waals surface area contributed by atoms with E-state index in [1.807, 2.05) is 37.4 Å². The van der Waals surface area contributed by atoms with E-state index < -0.39 is 7.14 Å². The van der Waals surface area contributed by atoms with Crippen LogP contribution in [-0.4, -0.2) is 82.8 Å². The first-order valence-electron chi connectivity index (χ1n) is 16.9. The Morgan fingerprint density at radius 2 is 1.67 bits per heavy atom. The molecule has 2 heterocycles. The van der Waals surface area contributed by atoms with Crippen LogP contribution < -0.4 is 20.3 Å². The summed E-state index contributed by atoms with van der Waals surface area (Å²) in [6.07, 6.45) is 6.52. The molecule has 8 nitrogen and oxygen atoms in total. The quantitative estimate of drug-likeness (QED) is 0.155. The van der Waals surface area contributed by atoms with Gasteiger partial charge >= 0.3 is 0 Å². The average Bonchev–Trinajstić information content (AvgIpc) is 3.06. The second-order valence-electron chi connectivity index (χ2n) is 12.9. The number of nitrogens with zero attached hydrogens (tertiary/aromatic N) is 3. The molecule has 0 unspecified atom stereocenters. The highest BCUT2D eigenvalue weighted by Crippen LogP contribution is 2.36. The van der Waals surface area contributed by atoms with Gasteiger partial charge in [0.05, 0.1) is 26.0 Å². The van der Waals surface area contributed by atoms with Crippen molar-refractivity contribution in [3.05, 3.63) is 83.7 Å². The number of hydrogen-bond donors (Lipinski definition) is 1. The molecule has 2 saturated heterocycles. The van der Waals surface area contributed by atoms with Crippen molar-refractivity contribution in [3.8, 4) is 5.75 Å². The van der Waals surface area contributed by atoms with E-state index in [2.05, 4.69) is 73.1 Å². The number of aryl methyl sites for hydroxylation is 2. The summed E-state index contributed by atoms with van der Waals surface area (Å²) in [5.41, 5.74) is 7.01. The molecular formula is C39H59N4O4P. The molecular weight excluding hydrogens is 619 g/mol. The predicted octanol–water partition coefficient (Wildman–Crippen LogP) is 8.01. The monoisotopic (exact) mass is 678 g/mol. The average molecular weight is 679 g/mol. The molecule has 9 heteroatoms. The fourth-order valence-electron chi connectivity index (χ4n) is 5.78. The van der Waals surface area contributed by atoms with Crippen molar-refractivity contribution in [2.75, 3.05) is 70.0 Å². The van der Waals surface area contributed by atoms with Crippen molar-refractivity contribution in [3.63, 3.8) is 0 Å². The second-order valence-corrected chi connectivity index (χ2v) is 16.0. The Labute approximate surface area is 290 Å². The summed E-state index contributed by atoms with van der Waals surface area (Å²) < 4.78 is 22.9. The van der Waals surface area contributed by atoms with E-state index in [1.165, 1.54) is 48.2 Å². The van der Waals surface area contributed by atoms with Gasteiger partial charge < -0.3 is 24.3 Å². The van der Waals surface area contributed by atoms with Gasteiger partial charge in [0.25, 0.3) is 0 Å². The summed E-state index contributed by atoms with van der Waals surface area (Å²) >= 11 is 0. The van der Waals surface area contributed by atoms with E-state index >= 15 is 0 Å². The first-order chi connectivity index (χ1) is 22.7. The minimum Gasteiger partial charge on any atom is -0.494 e. The van der Waals surface area contributed by atoms with E-state index in [9.17, 15) is 9.36 Å². The van der Waals surface area contributed by atoms with E-state index in [0.29, 0.717) is 11.9 Å². The van der Waals surface area contributed by atoms with E-state index in [4.69, 9.17) is 9.47 Å². The van der Waals surface area contributed by atoms with Gasteiger partial charge in [-0.25, -0.2) is 4.99 Å². The van der Waals surface area contributed by atoms with Crippen LogP contribution in [0.15, 0.2) is 77.6 Å². The molecule has 0 spiro atoms. The lowest BCUT2D eigenvalue weighted by Crippen LogP contribution is -2.49. The van der Waals surface area contributed by atoms with Crippen molar-refractivity contribution in [1.82, 2.24) is 4.90 Å². The number of ketones is 1. The minimum atomic E-state index is -2.06. The second kappa shape index (κ2) is 20.2. The molecule has 0 bridgehead atoms. The molecule has 2 fully saturated rings. The van der Waals surface area contributed by atoms with Crippen LogP contribution in [-0.2, 0) is 14.1 Å². The summed E-state index contributed by atoms with van der Waals surface area (Å²) in [4.78, 5) is 19.3. The van der Waals surface area contributed by atoms with Gasteiger partial charge in [0.1, 0.15) is 18.7 Å². The number of methoxy groups -OCH3 is 1. The largest absolute Gasteiger partial charge is 0.494 e.